The van der Waals surface area contributed by atoms with Crippen molar-refractivity contribution < 1.29 is 29.6 Å². The zero-order valence-electron chi connectivity index (χ0n) is 14.2. The van der Waals surface area contributed by atoms with Crippen molar-refractivity contribution in [2.45, 2.75) is 31.0 Å². The Bertz CT molecular complexity index is 997. The first-order valence-corrected chi connectivity index (χ1v) is 8.10. The van der Waals surface area contributed by atoms with Gasteiger partial charge in [0, 0.05) is 11.8 Å². The number of nitrogens with two attached hydrogens (primary N) is 1. The number of nitrogens with one attached hydrogen (secondary N) is 1. The third-order valence-electron chi connectivity index (χ3n) is 4.87. The van der Waals surface area contributed by atoms with Gasteiger partial charge in [-0.3, -0.25) is 9.59 Å². The monoisotopic (exact) mass is 375 g/mol. The fourth-order valence-corrected chi connectivity index (χ4v) is 3.47. The summed E-state index contributed by atoms with van der Waals surface area (Å²) in [5.41, 5.74) is 4.00. The number of hydrogen-bond donors (Lipinski definition) is 5. The second-order valence-electron chi connectivity index (χ2n) is 6.67. The molecule has 4 rings (SSSR count). The molecule has 2 aliphatic rings. The van der Waals surface area contributed by atoms with Gasteiger partial charge in [0.25, 0.3) is 11.8 Å². The van der Waals surface area contributed by atoms with Crippen LogP contribution in [0.1, 0.15) is 18.7 Å². The number of aromatic nitrogens is 3. The van der Waals surface area contributed by atoms with E-state index >= 15 is 0 Å². The molecular weight excluding hydrogens is 358 g/mol. The topological polar surface area (TPSA) is 173 Å². The van der Waals surface area contributed by atoms with Crippen LogP contribution in [0.5, 0.6) is 0 Å². The minimum absolute atomic E-state index is 0.170. The summed E-state index contributed by atoms with van der Waals surface area (Å²) in [5.74, 6) is -1.43. The maximum Gasteiger partial charge on any atom is 0.262 e. The van der Waals surface area contributed by atoms with Gasteiger partial charge in [-0.1, -0.05) is 0 Å². The summed E-state index contributed by atoms with van der Waals surface area (Å²) in [4.78, 5) is 32.0. The summed E-state index contributed by atoms with van der Waals surface area (Å²) in [6, 6.07) is 0. The van der Waals surface area contributed by atoms with Crippen LogP contribution in [0.3, 0.4) is 0 Å². The van der Waals surface area contributed by atoms with E-state index in [9.17, 15) is 24.9 Å². The molecule has 0 bridgehead atoms. The van der Waals surface area contributed by atoms with Crippen LogP contribution in [0.25, 0.3) is 17.1 Å². The summed E-state index contributed by atoms with van der Waals surface area (Å²) in [5, 5.41) is 33.3. The number of aliphatic hydroxyl groups is 3. The maximum absolute atomic E-state index is 12.2. The summed E-state index contributed by atoms with van der Waals surface area (Å²) in [6.45, 7) is 0.895. The first-order chi connectivity index (χ1) is 12.8. The van der Waals surface area contributed by atoms with Crippen molar-refractivity contribution in [3.8, 4) is 0 Å². The number of anilines is 1. The minimum Gasteiger partial charge on any atom is -0.394 e. The lowest BCUT2D eigenvalue weighted by molar-refractivity contribution is -0.119. The molecule has 0 radical (unpaired) electrons. The number of nitrogens with zero attached hydrogens (tertiary/aromatic N) is 3. The highest BCUT2D eigenvalue weighted by Crippen LogP contribution is 2.41. The van der Waals surface area contributed by atoms with Gasteiger partial charge in [-0.05, 0) is 13.0 Å². The number of carbonyl (C=O) groups excluding carboxylic acids is 2. The number of amides is 2. The van der Waals surface area contributed by atoms with Crippen molar-refractivity contribution in [3.63, 3.8) is 0 Å². The quantitative estimate of drug-likeness (QED) is 0.393. The van der Waals surface area contributed by atoms with E-state index in [-0.39, 0.29) is 11.4 Å². The average Bonchev–Trinajstić information content (AvgIpc) is 3.02. The van der Waals surface area contributed by atoms with Gasteiger partial charge in [0.05, 0.1) is 12.0 Å². The van der Waals surface area contributed by atoms with Crippen molar-refractivity contribution in [3.05, 3.63) is 23.7 Å². The molecule has 2 aromatic rings. The van der Waals surface area contributed by atoms with Crippen LogP contribution in [0.15, 0.2) is 18.1 Å². The molecule has 6 N–H and O–H groups in total. The molecule has 4 heterocycles. The van der Waals surface area contributed by atoms with Gasteiger partial charge >= 0.3 is 0 Å². The lowest BCUT2D eigenvalue weighted by atomic mass is 9.96. The maximum atomic E-state index is 12.2. The predicted octanol–water partition coefficient (Wildman–Crippen LogP) is -1.75. The van der Waals surface area contributed by atoms with Gasteiger partial charge in [-0.2, -0.15) is 0 Å². The van der Waals surface area contributed by atoms with Crippen LogP contribution in [0.2, 0.25) is 0 Å². The minimum atomic E-state index is -1.73. The SMILES string of the molecule is C[C@@]1(O)[C@H](O)[C@@H](CO)O[C@H]1n1cc2c3c(ncnc31)NC(=O)C(C(N)=O)=C2. The molecule has 0 unspecified atom stereocenters. The van der Waals surface area contributed by atoms with E-state index in [1.54, 1.807) is 0 Å². The Morgan fingerprint density at radius 3 is 2.85 bits per heavy atom. The molecule has 0 saturated carbocycles. The van der Waals surface area contributed by atoms with Gasteiger partial charge in [0.1, 0.15) is 41.2 Å². The van der Waals surface area contributed by atoms with E-state index in [1.807, 2.05) is 0 Å². The highest BCUT2D eigenvalue weighted by atomic mass is 16.6. The highest BCUT2D eigenvalue weighted by Gasteiger charge is 2.53. The summed E-state index contributed by atoms with van der Waals surface area (Å²) in [7, 11) is 0. The molecule has 11 nitrogen and oxygen atoms in total. The van der Waals surface area contributed by atoms with E-state index in [4.69, 9.17) is 10.5 Å². The molecule has 142 valence electrons. The zero-order valence-corrected chi connectivity index (χ0v) is 14.2. The standard InChI is InChI=1S/C16H17N5O6/c1-16(26)10(23)8(4-22)27-15(16)21-3-6-2-7(11(17)24)14(25)20-12-9(6)13(21)19-5-18-12/h2-3,5,8,10,15,22-23,26H,4H2,1H3,(H2,17,24)(H,18,19,20,25)/t8-,10-,15-,16-/m1/s1. The Balaban J connectivity index is 1.93. The highest BCUT2D eigenvalue weighted by molar-refractivity contribution is 6.28. The normalized spacial score (nSPS) is 30.1. The Morgan fingerprint density at radius 1 is 1.48 bits per heavy atom. The van der Waals surface area contributed by atoms with E-state index in [0.717, 1.165) is 0 Å². The fraction of sp³-hybridized carbons (Fsp3) is 0.375. The predicted molar refractivity (Wildman–Crippen MR) is 91.0 cm³/mol. The summed E-state index contributed by atoms with van der Waals surface area (Å²) >= 11 is 0. The van der Waals surface area contributed by atoms with Crippen LogP contribution in [-0.2, 0) is 14.3 Å². The van der Waals surface area contributed by atoms with Crippen LogP contribution >= 0.6 is 0 Å². The number of primary amides is 1. The van der Waals surface area contributed by atoms with Gasteiger partial charge in [-0.15, -0.1) is 0 Å². The van der Waals surface area contributed by atoms with Crippen LogP contribution in [-0.4, -0.2) is 66.1 Å². The van der Waals surface area contributed by atoms with Gasteiger partial charge in [0.2, 0.25) is 0 Å². The second-order valence-corrected chi connectivity index (χ2v) is 6.67. The number of carbonyl (C=O) groups is 2. The second kappa shape index (κ2) is 5.82. The van der Waals surface area contributed by atoms with Crippen molar-refractivity contribution in [2.24, 2.45) is 5.73 Å². The van der Waals surface area contributed by atoms with Crippen molar-refractivity contribution in [1.82, 2.24) is 14.5 Å². The van der Waals surface area contributed by atoms with Gasteiger partial charge < -0.3 is 35.7 Å². The van der Waals surface area contributed by atoms with Gasteiger partial charge in [-0.25, -0.2) is 9.97 Å². The molecule has 2 aromatic heterocycles. The molecule has 2 aliphatic heterocycles. The molecule has 0 aliphatic carbocycles. The molecule has 0 aromatic carbocycles. The van der Waals surface area contributed by atoms with Crippen molar-refractivity contribution in [1.29, 1.82) is 0 Å². The van der Waals surface area contributed by atoms with E-state index in [1.165, 1.54) is 30.1 Å². The zero-order chi connectivity index (χ0) is 19.5. The Morgan fingerprint density at radius 2 is 2.22 bits per heavy atom. The molecule has 1 fully saturated rings. The molecular formula is C16H17N5O6. The van der Waals surface area contributed by atoms with Crippen molar-refractivity contribution >= 4 is 34.7 Å². The van der Waals surface area contributed by atoms with E-state index < -0.39 is 42.5 Å². The Hall–Kier alpha value is -2.86. The van der Waals surface area contributed by atoms with Gasteiger partial charge in [0.15, 0.2) is 6.23 Å². The number of aliphatic hydroxyl groups excluding tert-OH is 2. The molecule has 4 atom stereocenters. The number of hydrogen-bond acceptors (Lipinski definition) is 8. The van der Waals surface area contributed by atoms with E-state index in [0.29, 0.717) is 16.6 Å². The lowest BCUT2D eigenvalue weighted by Gasteiger charge is -2.27. The van der Waals surface area contributed by atoms with Crippen molar-refractivity contribution in [2.75, 3.05) is 11.9 Å². The largest absolute Gasteiger partial charge is 0.394 e. The Labute approximate surface area is 152 Å². The number of ether oxygens (including phenoxy) is 1. The Kier molecular flexibility index (Phi) is 3.78. The van der Waals surface area contributed by atoms with E-state index in [2.05, 4.69) is 15.3 Å². The van der Waals surface area contributed by atoms with Crippen LogP contribution in [0.4, 0.5) is 5.82 Å². The molecule has 1 saturated heterocycles. The molecule has 27 heavy (non-hydrogen) atoms. The number of rotatable bonds is 3. The molecule has 11 heteroatoms. The smallest absolute Gasteiger partial charge is 0.262 e. The third-order valence-corrected chi connectivity index (χ3v) is 4.87. The summed E-state index contributed by atoms with van der Waals surface area (Å²) in [6.07, 6.45) is 0.620. The van der Waals surface area contributed by atoms with Crippen LogP contribution in [0, 0.1) is 0 Å². The first-order valence-electron chi connectivity index (χ1n) is 8.10. The lowest BCUT2D eigenvalue weighted by Crippen LogP contribution is -2.44. The van der Waals surface area contributed by atoms with Crippen LogP contribution < -0.4 is 11.1 Å². The third kappa shape index (κ3) is 2.44. The molecule has 0 spiro atoms. The first kappa shape index (κ1) is 17.5. The summed E-state index contributed by atoms with van der Waals surface area (Å²) < 4.78 is 7.09. The molecule has 2 amide bonds. The fourth-order valence-electron chi connectivity index (χ4n) is 3.47. The average molecular weight is 375 g/mol.